The van der Waals surface area contributed by atoms with Crippen molar-refractivity contribution in [3.05, 3.63) is 56.0 Å². The Morgan fingerprint density at radius 1 is 1.12 bits per heavy atom. The third kappa shape index (κ3) is 5.81. The average Bonchev–Trinajstić information content (AvgIpc) is 3.26. The SMILES string of the molecule is CN=Nc1ncnc(C(=O)N[C@@H](C)c2ncc(C(=O)Nc3cc(C(F)(F)F)c(Cl)cn3)s2)c1Cl. The second-order valence-corrected chi connectivity index (χ2v) is 8.27. The summed E-state index contributed by atoms with van der Waals surface area (Å²) < 4.78 is 39.0. The number of aromatic nitrogens is 4. The van der Waals surface area contributed by atoms with E-state index in [0.717, 1.165) is 23.9 Å². The van der Waals surface area contributed by atoms with Gasteiger partial charge in [-0.2, -0.15) is 18.3 Å². The quantitative estimate of drug-likeness (QED) is 0.423. The highest BCUT2D eigenvalue weighted by Gasteiger charge is 2.34. The Balaban J connectivity index is 1.71. The lowest BCUT2D eigenvalue weighted by molar-refractivity contribution is -0.137. The van der Waals surface area contributed by atoms with Gasteiger partial charge in [0.05, 0.1) is 22.8 Å². The monoisotopic (exact) mass is 532 g/mol. The van der Waals surface area contributed by atoms with E-state index in [2.05, 4.69) is 40.8 Å². The maximum absolute atomic E-state index is 13.0. The number of nitrogens with zero attached hydrogens (tertiary/aromatic N) is 6. The molecule has 0 aromatic carbocycles. The van der Waals surface area contributed by atoms with Crippen molar-refractivity contribution in [1.29, 1.82) is 0 Å². The van der Waals surface area contributed by atoms with E-state index in [4.69, 9.17) is 23.2 Å². The van der Waals surface area contributed by atoms with Crippen molar-refractivity contribution in [1.82, 2.24) is 25.3 Å². The molecule has 3 aromatic heterocycles. The van der Waals surface area contributed by atoms with Crippen LogP contribution in [0.5, 0.6) is 0 Å². The first-order chi connectivity index (χ1) is 16.0. The molecular formula is C18H13Cl2F3N8O2S. The standard InChI is InChI=1S/C18H13Cl2F3N8O2S/c1-7(29-16(33)13-12(20)14(31-24-2)28-6-27-13)17-26-5-10(34-17)15(32)30-11-3-8(18(21,22)23)9(19)4-25-11/h3-7H,1-2H3,(H,29,33)(H,25,30,32)/t7-/m0/s1. The molecule has 0 aliphatic heterocycles. The number of rotatable bonds is 6. The van der Waals surface area contributed by atoms with Crippen molar-refractivity contribution in [3.8, 4) is 0 Å². The van der Waals surface area contributed by atoms with Gasteiger partial charge in [0.15, 0.2) is 11.5 Å². The van der Waals surface area contributed by atoms with Crippen molar-refractivity contribution in [3.63, 3.8) is 0 Å². The fourth-order valence-corrected chi connectivity index (χ4v) is 3.75. The third-order valence-electron chi connectivity index (χ3n) is 4.05. The van der Waals surface area contributed by atoms with E-state index in [-0.39, 0.29) is 27.2 Å². The molecule has 0 bridgehead atoms. The summed E-state index contributed by atoms with van der Waals surface area (Å²) in [5, 5.41) is 11.8. The van der Waals surface area contributed by atoms with Crippen molar-refractivity contribution in [2.24, 2.45) is 10.2 Å². The first-order valence-corrected chi connectivity index (χ1v) is 10.7. The van der Waals surface area contributed by atoms with Crippen LogP contribution in [-0.2, 0) is 6.18 Å². The summed E-state index contributed by atoms with van der Waals surface area (Å²) in [5.74, 6) is -1.69. The lowest BCUT2D eigenvalue weighted by Gasteiger charge is -2.11. The molecule has 34 heavy (non-hydrogen) atoms. The van der Waals surface area contributed by atoms with Crippen LogP contribution in [0.4, 0.5) is 24.8 Å². The number of amides is 2. The van der Waals surface area contributed by atoms with E-state index in [1.807, 2.05) is 0 Å². The van der Waals surface area contributed by atoms with Gasteiger partial charge in [0, 0.05) is 13.2 Å². The largest absolute Gasteiger partial charge is 0.418 e. The number of hydrogen-bond donors (Lipinski definition) is 2. The number of azo groups is 1. The fraction of sp³-hybridized carbons (Fsp3) is 0.222. The molecule has 1 atom stereocenters. The van der Waals surface area contributed by atoms with Crippen LogP contribution < -0.4 is 10.6 Å². The van der Waals surface area contributed by atoms with Crippen LogP contribution >= 0.6 is 34.5 Å². The number of hydrogen-bond acceptors (Lipinski definition) is 9. The summed E-state index contributed by atoms with van der Waals surface area (Å²) in [6.07, 6.45) is -1.59. The second-order valence-electron chi connectivity index (χ2n) is 6.42. The number of nitrogens with one attached hydrogen (secondary N) is 2. The lowest BCUT2D eigenvalue weighted by Crippen LogP contribution is -2.27. The highest BCUT2D eigenvalue weighted by molar-refractivity contribution is 7.13. The molecule has 0 spiro atoms. The zero-order valence-corrected chi connectivity index (χ0v) is 19.5. The number of thiazole rings is 1. The topological polar surface area (TPSA) is 134 Å². The van der Waals surface area contributed by atoms with E-state index in [1.165, 1.54) is 13.2 Å². The molecular weight excluding hydrogens is 520 g/mol. The van der Waals surface area contributed by atoms with Gasteiger partial charge in [0.2, 0.25) is 0 Å². The van der Waals surface area contributed by atoms with Gasteiger partial charge in [-0.3, -0.25) is 9.59 Å². The van der Waals surface area contributed by atoms with Crippen LogP contribution in [0.15, 0.2) is 35.0 Å². The molecule has 3 rings (SSSR count). The van der Waals surface area contributed by atoms with E-state index in [9.17, 15) is 22.8 Å². The minimum absolute atomic E-state index is 0.0228. The molecule has 0 unspecified atom stereocenters. The van der Waals surface area contributed by atoms with Gasteiger partial charge in [0.25, 0.3) is 11.8 Å². The first kappa shape index (κ1) is 25.4. The van der Waals surface area contributed by atoms with E-state index >= 15 is 0 Å². The van der Waals surface area contributed by atoms with E-state index in [0.29, 0.717) is 11.1 Å². The number of anilines is 1. The molecule has 0 saturated heterocycles. The minimum Gasteiger partial charge on any atom is -0.342 e. The highest BCUT2D eigenvalue weighted by Crippen LogP contribution is 2.35. The van der Waals surface area contributed by atoms with Crippen molar-refractivity contribution < 1.29 is 22.8 Å². The number of halogens is 5. The van der Waals surface area contributed by atoms with Gasteiger partial charge >= 0.3 is 6.18 Å². The lowest BCUT2D eigenvalue weighted by atomic mass is 10.2. The minimum atomic E-state index is -4.71. The number of carbonyl (C=O) groups is 2. The molecule has 0 fully saturated rings. The van der Waals surface area contributed by atoms with Crippen LogP contribution in [0.2, 0.25) is 10.0 Å². The van der Waals surface area contributed by atoms with Gasteiger partial charge < -0.3 is 10.6 Å². The maximum Gasteiger partial charge on any atom is 0.418 e. The zero-order valence-electron chi connectivity index (χ0n) is 17.2. The highest BCUT2D eigenvalue weighted by atomic mass is 35.5. The third-order valence-corrected chi connectivity index (χ3v) is 5.88. The van der Waals surface area contributed by atoms with Gasteiger partial charge in [-0.25, -0.2) is 19.9 Å². The van der Waals surface area contributed by atoms with Crippen LogP contribution in [0.3, 0.4) is 0 Å². The van der Waals surface area contributed by atoms with Crippen molar-refractivity contribution >= 4 is 58.0 Å². The molecule has 2 amide bonds. The Kier molecular flexibility index (Phi) is 7.74. The summed E-state index contributed by atoms with van der Waals surface area (Å²) in [7, 11) is 1.41. The van der Waals surface area contributed by atoms with Gasteiger partial charge in [-0.05, 0) is 13.0 Å². The maximum atomic E-state index is 13.0. The number of alkyl halides is 3. The predicted molar refractivity (Wildman–Crippen MR) is 118 cm³/mol. The summed E-state index contributed by atoms with van der Waals surface area (Å²) >= 11 is 12.5. The summed E-state index contributed by atoms with van der Waals surface area (Å²) in [4.78, 5) is 40.5. The molecule has 2 N–H and O–H groups in total. The smallest absolute Gasteiger partial charge is 0.342 e. The normalized spacial score (nSPS) is 12.6. The van der Waals surface area contributed by atoms with Crippen LogP contribution in [0.25, 0.3) is 0 Å². The molecule has 0 aliphatic carbocycles. The zero-order chi connectivity index (χ0) is 25.0. The Morgan fingerprint density at radius 2 is 1.85 bits per heavy atom. The van der Waals surface area contributed by atoms with Gasteiger partial charge in [-0.15, -0.1) is 16.5 Å². The first-order valence-electron chi connectivity index (χ1n) is 9.12. The molecule has 10 nitrogen and oxygen atoms in total. The molecule has 16 heteroatoms. The average molecular weight is 533 g/mol. The van der Waals surface area contributed by atoms with E-state index < -0.39 is 34.6 Å². The molecule has 0 radical (unpaired) electrons. The Morgan fingerprint density at radius 3 is 2.53 bits per heavy atom. The van der Waals surface area contributed by atoms with Crippen molar-refractivity contribution in [2.75, 3.05) is 12.4 Å². The van der Waals surface area contributed by atoms with Crippen LogP contribution in [0, 0.1) is 0 Å². The van der Waals surface area contributed by atoms with Gasteiger partial charge in [0.1, 0.15) is 27.1 Å². The Bertz CT molecular complexity index is 1270. The van der Waals surface area contributed by atoms with Crippen LogP contribution in [0.1, 0.15) is 43.7 Å². The van der Waals surface area contributed by atoms with Gasteiger partial charge in [-0.1, -0.05) is 23.2 Å². The van der Waals surface area contributed by atoms with Crippen LogP contribution in [-0.4, -0.2) is 38.8 Å². The Labute approximate surface area is 203 Å². The van der Waals surface area contributed by atoms with Crippen molar-refractivity contribution in [2.45, 2.75) is 19.1 Å². The molecule has 0 aliphatic rings. The second kappa shape index (κ2) is 10.4. The molecule has 3 heterocycles. The number of pyridine rings is 1. The number of carbonyl (C=O) groups excluding carboxylic acids is 2. The predicted octanol–water partition coefficient (Wildman–Crippen LogP) is 5.11. The molecule has 3 aromatic rings. The molecule has 0 saturated carbocycles. The summed E-state index contributed by atoms with van der Waals surface area (Å²) in [6, 6.07) is -0.0325. The van der Waals surface area contributed by atoms with E-state index in [1.54, 1.807) is 6.92 Å². The summed E-state index contributed by atoms with van der Waals surface area (Å²) in [5.41, 5.74) is -1.26. The summed E-state index contributed by atoms with van der Waals surface area (Å²) in [6.45, 7) is 1.61. The fourth-order valence-electron chi connectivity index (χ4n) is 2.50. The Hall–Kier alpha value is -3.23. The molecule has 178 valence electrons.